The Morgan fingerprint density at radius 1 is 1.10 bits per heavy atom. The van der Waals surface area contributed by atoms with Gasteiger partial charge in [0.15, 0.2) is 11.5 Å². The average molecular weight is 390 g/mol. The van der Waals surface area contributed by atoms with Crippen molar-refractivity contribution in [2.45, 2.75) is 38.6 Å². The van der Waals surface area contributed by atoms with Crippen molar-refractivity contribution >= 4 is 23.6 Å². The van der Waals surface area contributed by atoms with Gasteiger partial charge in [-0.3, -0.25) is 14.5 Å². The zero-order chi connectivity index (χ0) is 20.2. The Bertz CT molecular complexity index is 923. The van der Waals surface area contributed by atoms with Crippen molar-refractivity contribution in [2.24, 2.45) is 5.92 Å². The van der Waals surface area contributed by atoms with Gasteiger partial charge in [-0.15, -0.1) is 0 Å². The summed E-state index contributed by atoms with van der Waals surface area (Å²) in [4.78, 5) is 27.4. The second-order valence-electron chi connectivity index (χ2n) is 7.82. The van der Waals surface area contributed by atoms with E-state index in [0.717, 1.165) is 24.8 Å². The molecule has 150 valence electrons. The Balaban J connectivity index is 1.56. The molecule has 29 heavy (non-hydrogen) atoms. The number of amides is 2. The number of benzene rings is 2. The van der Waals surface area contributed by atoms with Gasteiger partial charge in [-0.25, -0.2) is 0 Å². The molecule has 2 amide bonds. The Morgan fingerprint density at radius 3 is 2.62 bits per heavy atom. The maximum atomic E-state index is 13.1. The molecule has 0 saturated heterocycles. The molecule has 2 atom stereocenters. The molecule has 1 aliphatic heterocycles. The third-order valence-corrected chi connectivity index (χ3v) is 5.69. The van der Waals surface area contributed by atoms with Crippen molar-refractivity contribution in [1.29, 1.82) is 0 Å². The van der Waals surface area contributed by atoms with Gasteiger partial charge in [0.25, 0.3) is 5.91 Å². The third kappa shape index (κ3) is 4.34. The number of anilines is 1. The fourth-order valence-corrected chi connectivity index (χ4v) is 4.05. The minimum Gasteiger partial charge on any atom is -0.449 e. The summed E-state index contributed by atoms with van der Waals surface area (Å²) in [7, 11) is 0. The highest BCUT2D eigenvalue weighted by atomic mass is 16.5. The minimum absolute atomic E-state index is 0.0193. The van der Waals surface area contributed by atoms with Crippen molar-refractivity contribution in [3.63, 3.8) is 0 Å². The summed E-state index contributed by atoms with van der Waals surface area (Å²) < 4.78 is 5.87. The molecule has 0 spiro atoms. The van der Waals surface area contributed by atoms with Crippen molar-refractivity contribution in [1.82, 2.24) is 5.32 Å². The zero-order valence-electron chi connectivity index (χ0n) is 16.6. The van der Waals surface area contributed by atoms with Gasteiger partial charge in [0.05, 0.1) is 5.69 Å². The van der Waals surface area contributed by atoms with Gasteiger partial charge in [-0.05, 0) is 42.5 Å². The van der Waals surface area contributed by atoms with E-state index in [2.05, 4.69) is 12.2 Å². The van der Waals surface area contributed by atoms with Crippen LogP contribution in [0.5, 0.6) is 5.75 Å². The van der Waals surface area contributed by atoms with Crippen molar-refractivity contribution in [3.8, 4) is 5.75 Å². The van der Waals surface area contributed by atoms with Gasteiger partial charge < -0.3 is 10.1 Å². The highest BCUT2D eigenvalue weighted by Gasteiger charge is 2.32. The first-order chi connectivity index (χ1) is 14.1. The van der Waals surface area contributed by atoms with E-state index in [1.165, 1.54) is 11.3 Å². The van der Waals surface area contributed by atoms with E-state index in [1.807, 2.05) is 54.6 Å². The van der Waals surface area contributed by atoms with Crippen molar-refractivity contribution < 1.29 is 14.3 Å². The molecule has 0 radical (unpaired) electrons. The van der Waals surface area contributed by atoms with E-state index in [4.69, 9.17) is 4.74 Å². The number of hydrogen-bond acceptors (Lipinski definition) is 3. The highest BCUT2D eigenvalue weighted by molar-refractivity contribution is 6.12. The minimum atomic E-state index is -0.306. The van der Waals surface area contributed by atoms with E-state index in [9.17, 15) is 9.59 Å². The molecule has 2 aromatic rings. The fourth-order valence-electron chi connectivity index (χ4n) is 4.05. The van der Waals surface area contributed by atoms with Crippen LogP contribution >= 0.6 is 0 Å². The van der Waals surface area contributed by atoms with Crippen LogP contribution < -0.4 is 15.0 Å². The van der Waals surface area contributed by atoms with E-state index in [1.54, 1.807) is 6.08 Å². The molecule has 5 heteroatoms. The Labute approximate surface area is 171 Å². The molecule has 1 saturated carbocycles. The lowest BCUT2D eigenvalue weighted by atomic mass is 9.86. The Hall–Kier alpha value is -3.08. The first-order valence-corrected chi connectivity index (χ1v) is 10.3. The summed E-state index contributed by atoms with van der Waals surface area (Å²) >= 11 is 0. The predicted molar refractivity (Wildman–Crippen MR) is 113 cm³/mol. The fraction of sp³-hybridized carbons (Fsp3) is 0.333. The van der Waals surface area contributed by atoms with Gasteiger partial charge in [-0.2, -0.15) is 0 Å². The number of nitrogens with one attached hydrogen (secondary N) is 1. The third-order valence-electron chi connectivity index (χ3n) is 5.69. The molecular weight excluding hydrogens is 364 g/mol. The molecule has 2 aliphatic rings. The topological polar surface area (TPSA) is 58.6 Å². The monoisotopic (exact) mass is 390 g/mol. The standard InChI is InChI=1S/C24H26N2O3/c1-17-9-5-6-12-19(17)25-23(27)16-26-20-13-7-8-14-21(20)29-22(24(26)28)15-18-10-3-2-4-11-18/h2-4,7-8,10-11,13-15,17,19H,5-6,9,12,16H2,1H3,(H,25,27)/b22-15+/t17-,19+/m1/s1. The molecule has 1 N–H and O–H groups in total. The number of fused-ring (bicyclic) bond motifs is 1. The lowest BCUT2D eigenvalue weighted by molar-refractivity contribution is -0.124. The smallest absolute Gasteiger partial charge is 0.294 e. The maximum Gasteiger partial charge on any atom is 0.294 e. The number of hydrogen-bond donors (Lipinski definition) is 1. The molecule has 5 nitrogen and oxygen atoms in total. The van der Waals surface area contributed by atoms with E-state index in [0.29, 0.717) is 17.4 Å². The SMILES string of the molecule is C[C@@H]1CCCC[C@@H]1NC(=O)CN1C(=O)/C(=C\c2ccccc2)Oc2ccccc21. The van der Waals surface area contributed by atoms with Crippen LogP contribution in [0.15, 0.2) is 60.4 Å². The van der Waals surface area contributed by atoms with Crippen LogP contribution in [0.3, 0.4) is 0 Å². The van der Waals surface area contributed by atoms with E-state index >= 15 is 0 Å². The second-order valence-corrected chi connectivity index (χ2v) is 7.82. The molecule has 0 bridgehead atoms. The van der Waals surface area contributed by atoms with Gasteiger partial charge >= 0.3 is 0 Å². The normalized spacial score (nSPS) is 22.7. The zero-order valence-corrected chi connectivity index (χ0v) is 16.6. The number of ether oxygens (including phenoxy) is 1. The second kappa shape index (κ2) is 8.52. The van der Waals surface area contributed by atoms with Gasteiger partial charge in [0.1, 0.15) is 6.54 Å². The molecule has 1 fully saturated rings. The summed E-state index contributed by atoms with van der Waals surface area (Å²) in [6.07, 6.45) is 6.20. The first-order valence-electron chi connectivity index (χ1n) is 10.3. The average Bonchev–Trinajstić information content (AvgIpc) is 2.73. The van der Waals surface area contributed by atoms with Crippen LogP contribution in [0.4, 0.5) is 5.69 Å². The molecule has 4 rings (SSSR count). The molecular formula is C24H26N2O3. The van der Waals surface area contributed by atoms with Crippen LogP contribution in [0.2, 0.25) is 0 Å². The lowest BCUT2D eigenvalue weighted by Crippen LogP contribution is -2.48. The quantitative estimate of drug-likeness (QED) is 0.798. The van der Waals surface area contributed by atoms with Gasteiger partial charge in [-0.1, -0.05) is 62.2 Å². The molecule has 0 aromatic heterocycles. The first kappa shape index (κ1) is 19.2. The van der Waals surface area contributed by atoms with Crippen LogP contribution in [0.25, 0.3) is 6.08 Å². The number of carbonyl (C=O) groups excluding carboxylic acids is 2. The van der Waals surface area contributed by atoms with Crippen LogP contribution in [0, 0.1) is 5.92 Å². The summed E-state index contributed by atoms with van der Waals surface area (Å²) in [6, 6.07) is 17.1. The van der Waals surface area contributed by atoms with Crippen LogP contribution in [-0.2, 0) is 9.59 Å². The largest absolute Gasteiger partial charge is 0.449 e. The van der Waals surface area contributed by atoms with Crippen molar-refractivity contribution in [2.75, 3.05) is 11.4 Å². The Morgan fingerprint density at radius 2 is 1.83 bits per heavy atom. The van der Waals surface area contributed by atoms with E-state index in [-0.39, 0.29) is 30.2 Å². The highest BCUT2D eigenvalue weighted by Crippen LogP contribution is 2.35. The Kier molecular flexibility index (Phi) is 5.65. The molecule has 0 unspecified atom stereocenters. The number of rotatable bonds is 4. The number of para-hydroxylation sites is 2. The summed E-state index contributed by atoms with van der Waals surface area (Å²) in [6.45, 7) is 2.16. The maximum absolute atomic E-state index is 13.1. The summed E-state index contributed by atoms with van der Waals surface area (Å²) in [5, 5.41) is 3.14. The predicted octanol–water partition coefficient (Wildman–Crippen LogP) is 4.15. The summed E-state index contributed by atoms with van der Waals surface area (Å²) in [5.41, 5.74) is 1.49. The van der Waals surface area contributed by atoms with Crippen molar-refractivity contribution in [3.05, 3.63) is 65.9 Å². The molecule has 1 heterocycles. The molecule has 2 aromatic carbocycles. The lowest BCUT2D eigenvalue weighted by Gasteiger charge is -2.32. The summed E-state index contributed by atoms with van der Waals surface area (Å²) in [5.74, 6) is 0.822. The van der Waals surface area contributed by atoms with Crippen LogP contribution in [0.1, 0.15) is 38.2 Å². The number of carbonyl (C=O) groups is 2. The van der Waals surface area contributed by atoms with Crippen LogP contribution in [-0.4, -0.2) is 24.4 Å². The van der Waals surface area contributed by atoms with Gasteiger partial charge in [0, 0.05) is 6.04 Å². The number of nitrogens with zero attached hydrogens (tertiary/aromatic N) is 1. The van der Waals surface area contributed by atoms with E-state index < -0.39 is 0 Å². The molecule has 1 aliphatic carbocycles. The van der Waals surface area contributed by atoms with Gasteiger partial charge in [0.2, 0.25) is 5.91 Å².